The highest BCUT2D eigenvalue weighted by molar-refractivity contribution is 6.04. The monoisotopic (exact) mass is 523 g/mol. The van der Waals surface area contributed by atoms with Crippen molar-refractivity contribution in [3.63, 3.8) is 0 Å². The fraction of sp³-hybridized carbons (Fsp3) is 0.556. The highest BCUT2D eigenvalue weighted by Crippen LogP contribution is 2.31. The molecule has 2 aromatic heterocycles. The number of hydrogen-bond acceptors (Lipinski definition) is 9. The Morgan fingerprint density at radius 2 is 1.74 bits per heavy atom. The highest BCUT2D eigenvalue weighted by Gasteiger charge is 2.26. The quantitative estimate of drug-likeness (QED) is 0.530. The summed E-state index contributed by atoms with van der Waals surface area (Å²) in [7, 11) is 0. The third-order valence-electron chi connectivity index (χ3n) is 7.60. The van der Waals surface area contributed by atoms with E-state index in [-0.39, 0.29) is 17.6 Å². The Kier molecular flexibility index (Phi) is 8.23. The molecular weight excluding hydrogens is 486 g/mol. The lowest BCUT2D eigenvalue weighted by molar-refractivity contribution is -0.133. The zero-order valence-corrected chi connectivity index (χ0v) is 22.0. The molecule has 0 atom stereocenters. The Morgan fingerprint density at radius 1 is 1.00 bits per heavy atom. The number of pyridine rings is 1. The summed E-state index contributed by atoms with van der Waals surface area (Å²) in [6, 6.07) is 7.01. The summed E-state index contributed by atoms with van der Waals surface area (Å²) in [5.74, 6) is 2.56. The van der Waals surface area contributed by atoms with Crippen molar-refractivity contribution in [3.05, 3.63) is 35.8 Å². The molecule has 11 heteroatoms. The van der Waals surface area contributed by atoms with Crippen LogP contribution in [0.1, 0.15) is 36.1 Å². The Morgan fingerprint density at radius 3 is 2.42 bits per heavy atom. The van der Waals surface area contributed by atoms with Crippen LogP contribution in [0.5, 0.6) is 0 Å². The maximum Gasteiger partial charge on any atom is 0.291 e. The van der Waals surface area contributed by atoms with E-state index in [0.717, 1.165) is 56.9 Å². The van der Waals surface area contributed by atoms with Gasteiger partial charge in [-0.05, 0) is 43.0 Å². The first-order chi connectivity index (χ1) is 18.5. The van der Waals surface area contributed by atoms with Crippen molar-refractivity contribution < 1.29 is 18.7 Å². The smallest absolute Gasteiger partial charge is 0.291 e. The van der Waals surface area contributed by atoms with Gasteiger partial charge in [0.05, 0.1) is 31.7 Å². The average molecular weight is 524 g/mol. The van der Waals surface area contributed by atoms with Gasteiger partial charge in [-0.1, -0.05) is 6.92 Å². The standard InChI is InChI=1S/C27H37N7O4/c1-20-6-8-34(9-7-20)26-22(29-27(36)23-4-2-21(18-28)38-23)3-5-24(30-26)32-10-12-33(13-11-32)25(35)19-31-14-16-37-17-15-31/h2-5,18,20,28H,6-17,19H2,1H3,(H,29,36). The lowest BCUT2D eigenvalue weighted by Gasteiger charge is -2.38. The molecule has 0 unspecified atom stereocenters. The number of hydrogen-bond donors (Lipinski definition) is 2. The summed E-state index contributed by atoms with van der Waals surface area (Å²) in [6.07, 6.45) is 3.22. The number of rotatable bonds is 7. The van der Waals surface area contributed by atoms with Gasteiger partial charge in [-0.2, -0.15) is 0 Å². The fourth-order valence-electron chi connectivity index (χ4n) is 5.15. The van der Waals surface area contributed by atoms with Crippen molar-refractivity contribution in [3.8, 4) is 0 Å². The summed E-state index contributed by atoms with van der Waals surface area (Å²) >= 11 is 0. The van der Waals surface area contributed by atoms with Crippen molar-refractivity contribution in [1.29, 1.82) is 5.41 Å². The average Bonchev–Trinajstić information content (AvgIpc) is 3.44. The molecule has 0 aliphatic carbocycles. The first-order valence-electron chi connectivity index (χ1n) is 13.5. The molecule has 0 bridgehead atoms. The Balaban J connectivity index is 1.27. The second-order valence-electron chi connectivity index (χ2n) is 10.3. The minimum atomic E-state index is -0.369. The molecule has 2 N–H and O–H groups in total. The topological polar surface area (TPSA) is 118 Å². The van der Waals surface area contributed by atoms with E-state index in [0.29, 0.717) is 63.3 Å². The normalized spacial score (nSPS) is 19.4. The van der Waals surface area contributed by atoms with Crippen molar-refractivity contribution in [2.75, 3.05) is 87.2 Å². The molecule has 5 heterocycles. The molecule has 3 fully saturated rings. The summed E-state index contributed by atoms with van der Waals surface area (Å²) < 4.78 is 10.8. The van der Waals surface area contributed by atoms with Crippen molar-refractivity contribution in [2.45, 2.75) is 19.8 Å². The van der Waals surface area contributed by atoms with Crippen LogP contribution < -0.4 is 15.1 Å². The number of carbonyl (C=O) groups is 2. The molecule has 11 nitrogen and oxygen atoms in total. The molecule has 38 heavy (non-hydrogen) atoms. The molecule has 5 rings (SSSR count). The van der Waals surface area contributed by atoms with Gasteiger partial charge in [-0.25, -0.2) is 4.98 Å². The maximum atomic E-state index is 12.9. The van der Waals surface area contributed by atoms with Crippen LogP contribution in [0.3, 0.4) is 0 Å². The zero-order valence-electron chi connectivity index (χ0n) is 22.0. The largest absolute Gasteiger partial charge is 0.450 e. The predicted octanol–water partition coefficient (Wildman–Crippen LogP) is 2.14. The molecular formula is C27H37N7O4. The Labute approximate surface area is 223 Å². The summed E-state index contributed by atoms with van der Waals surface area (Å²) in [6.45, 7) is 10.2. The molecule has 0 radical (unpaired) electrons. The Hall–Kier alpha value is -3.44. The molecule has 0 spiro atoms. The van der Waals surface area contributed by atoms with Crippen molar-refractivity contribution in [2.24, 2.45) is 5.92 Å². The maximum absolute atomic E-state index is 12.9. The van der Waals surface area contributed by atoms with Crippen molar-refractivity contribution >= 4 is 35.4 Å². The minimum absolute atomic E-state index is 0.156. The summed E-state index contributed by atoms with van der Waals surface area (Å²) in [4.78, 5) is 39.3. The van der Waals surface area contributed by atoms with Crippen LogP contribution in [0.2, 0.25) is 0 Å². The van der Waals surface area contributed by atoms with Crippen LogP contribution in [-0.4, -0.2) is 105 Å². The number of piperidine rings is 1. The fourth-order valence-corrected chi connectivity index (χ4v) is 5.15. The van der Waals surface area contributed by atoms with E-state index in [2.05, 4.69) is 26.9 Å². The molecule has 0 aromatic carbocycles. The number of nitrogens with one attached hydrogen (secondary N) is 2. The summed E-state index contributed by atoms with van der Waals surface area (Å²) in [5, 5.41) is 10.3. The third kappa shape index (κ3) is 6.16. The van der Waals surface area contributed by atoms with Gasteiger partial charge in [0.25, 0.3) is 5.91 Å². The molecule has 3 aliphatic heterocycles. The van der Waals surface area contributed by atoms with Gasteiger partial charge in [-0.3, -0.25) is 14.5 Å². The second-order valence-corrected chi connectivity index (χ2v) is 10.3. The number of nitrogens with zero attached hydrogens (tertiary/aromatic N) is 5. The van der Waals surface area contributed by atoms with E-state index in [1.165, 1.54) is 0 Å². The van der Waals surface area contributed by atoms with E-state index in [9.17, 15) is 9.59 Å². The lowest BCUT2D eigenvalue weighted by atomic mass is 9.99. The minimum Gasteiger partial charge on any atom is -0.450 e. The van der Waals surface area contributed by atoms with Gasteiger partial charge in [0.15, 0.2) is 11.6 Å². The van der Waals surface area contributed by atoms with Crippen LogP contribution in [0.25, 0.3) is 0 Å². The van der Waals surface area contributed by atoms with Crippen LogP contribution >= 0.6 is 0 Å². The predicted molar refractivity (Wildman–Crippen MR) is 145 cm³/mol. The molecule has 204 valence electrons. The molecule has 3 saturated heterocycles. The number of ether oxygens (including phenoxy) is 1. The number of aromatic nitrogens is 1. The zero-order chi connectivity index (χ0) is 26.5. The van der Waals surface area contributed by atoms with Crippen LogP contribution in [0.4, 0.5) is 17.3 Å². The van der Waals surface area contributed by atoms with Gasteiger partial charge in [0.1, 0.15) is 11.6 Å². The van der Waals surface area contributed by atoms with Gasteiger partial charge in [0.2, 0.25) is 5.91 Å². The third-order valence-corrected chi connectivity index (χ3v) is 7.60. The number of amides is 2. The number of furan rings is 1. The van der Waals surface area contributed by atoms with Crippen molar-refractivity contribution in [1.82, 2.24) is 14.8 Å². The highest BCUT2D eigenvalue weighted by atomic mass is 16.5. The first kappa shape index (κ1) is 26.2. The van der Waals surface area contributed by atoms with Gasteiger partial charge in [0, 0.05) is 52.4 Å². The molecule has 3 aliphatic rings. The van der Waals surface area contributed by atoms with E-state index in [4.69, 9.17) is 19.5 Å². The summed E-state index contributed by atoms with van der Waals surface area (Å²) in [5.41, 5.74) is 0.639. The van der Waals surface area contributed by atoms with Gasteiger partial charge >= 0.3 is 0 Å². The molecule has 2 amide bonds. The first-order valence-corrected chi connectivity index (χ1v) is 13.5. The second kappa shape index (κ2) is 12.0. The number of carbonyl (C=O) groups excluding carboxylic acids is 2. The van der Waals surface area contributed by atoms with Gasteiger partial charge in [-0.15, -0.1) is 0 Å². The van der Waals surface area contributed by atoms with Gasteiger partial charge < -0.3 is 34.6 Å². The number of morpholine rings is 1. The van der Waals surface area contributed by atoms with Crippen LogP contribution in [0.15, 0.2) is 28.7 Å². The Bertz CT molecular complexity index is 1130. The van der Waals surface area contributed by atoms with Crippen LogP contribution in [-0.2, 0) is 9.53 Å². The number of anilines is 3. The van der Waals surface area contributed by atoms with E-state index >= 15 is 0 Å². The lowest BCUT2D eigenvalue weighted by Crippen LogP contribution is -2.52. The van der Waals surface area contributed by atoms with E-state index < -0.39 is 0 Å². The molecule has 0 saturated carbocycles. The SMILES string of the molecule is CC1CCN(c2nc(N3CCN(C(=O)CN4CCOCC4)CC3)ccc2NC(=O)c2ccc(C=N)o2)CC1. The molecule has 2 aromatic rings. The number of piperazine rings is 1. The van der Waals surface area contributed by atoms with E-state index in [1.54, 1.807) is 12.1 Å². The van der Waals surface area contributed by atoms with Crippen LogP contribution in [0, 0.1) is 11.3 Å². The van der Waals surface area contributed by atoms with E-state index in [1.807, 2.05) is 17.0 Å².